The van der Waals surface area contributed by atoms with E-state index >= 15 is 0 Å². The Bertz CT molecular complexity index is 629. The molecule has 2 N–H and O–H groups in total. The van der Waals surface area contributed by atoms with E-state index in [0.29, 0.717) is 19.0 Å². The summed E-state index contributed by atoms with van der Waals surface area (Å²) >= 11 is 3.38. The minimum absolute atomic E-state index is 0.555. The predicted molar refractivity (Wildman–Crippen MR) is 85.0 cm³/mol. The fourth-order valence-electron chi connectivity index (χ4n) is 3.26. The zero-order valence-corrected chi connectivity index (χ0v) is 13.8. The molecule has 2 aromatic rings. The van der Waals surface area contributed by atoms with Gasteiger partial charge in [-0.2, -0.15) is 0 Å². The molecule has 1 aliphatic rings. The van der Waals surface area contributed by atoms with Crippen LogP contribution in [0, 0.1) is 5.92 Å². The van der Waals surface area contributed by atoms with E-state index < -0.39 is 5.60 Å². The summed E-state index contributed by atoms with van der Waals surface area (Å²) in [5.74, 6) is 0.614. The maximum Gasteiger partial charge on any atom is 0.155 e. The second-order valence-corrected chi connectivity index (χ2v) is 7.03. The number of halogens is 1. The molecule has 0 amide bonds. The zero-order chi connectivity index (χ0) is 14.9. The van der Waals surface area contributed by atoms with Crippen molar-refractivity contribution in [3.05, 3.63) is 28.9 Å². The zero-order valence-electron chi connectivity index (χ0n) is 12.2. The molecule has 1 aliphatic carbocycles. The molecule has 0 aliphatic heterocycles. The normalized spacial score (nSPS) is 26.3. The van der Waals surface area contributed by atoms with Crippen LogP contribution >= 0.6 is 15.9 Å². The summed E-state index contributed by atoms with van der Waals surface area (Å²) in [6.07, 6.45) is 9.64. The Morgan fingerprint density at radius 3 is 3.14 bits per heavy atom. The molecule has 5 nitrogen and oxygen atoms in total. The minimum Gasteiger partial charge on any atom is -0.389 e. The van der Waals surface area contributed by atoms with Crippen molar-refractivity contribution in [2.24, 2.45) is 5.92 Å². The van der Waals surface area contributed by atoms with Crippen LogP contribution in [0.1, 0.15) is 38.3 Å². The fourth-order valence-corrected chi connectivity index (χ4v) is 3.57. The van der Waals surface area contributed by atoms with Gasteiger partial charge in [-0.25, -0.2) is 9.97 Å². The minimum atomic E-state index is -0.555. The Balaban J connectivity index is 1.63. The van der Waals surface area contributed by atoms with Crippen molar-refractivity contribution < 1.29 is 5.11 Å². The Morgan fingerprint density at radius 2 is 2.33 bits per heavy atom. The standard InChI is InChI=1S/C15H21BrN4O/c1-11-3-2-4-15(21,5-11)10-17-6-12-7-19-14-8-18-13(16)9-20(12)14/h7-9,11,17,21H,2-6,10H2,1H3. The van der Waals surface area contributed by atoms with E-state index in [1.807, 2.05) is 16.8 Å². The number of aromatic nitrogens is 3. The van der Waals surface area contributed by atoms with Gasteiger partial charge in [-0.05, 0) is 34.7 Å². The topological polar surface area (TPSA) is 62.5 Å². The van der Waals surface area contributed by atoms with Gasteiger partial charge in [0, 0.05) is 19.3 Å². The van der Waals surface area contributed by atoms with Gasteiger partial charge in [-0.15, -0.1) is 0 Å². The molecule has 2 aromatic heterocycles. The van der Waals surface area contributed by atoms with Gasteiger partial charge in [0.15, 0.2) is 5.65 Å². The molecule has 0 bridgehead atoms. The van der Waals surface area contributed by atoms with E-state index in [2.05, 4.69) is 38.1 Å². The average Bonchev–Trinajstić information content (AvgIpc) is 2.81. The summed E-state index contributed by atoms with van der Waals surface area (Å²) in [5.41, 5.74) is 1.35. The maximum absolute atomic E-state index is 10.6. The van der Waals surface area contributed by atoms with Crippen molar-refractivity contribution in [1.82, 2.24) is 19.7 Å². The van der Waals surface area contributed by atoms with Gasteiger partial charge < -0.3 is 10.4 Å². The molecular formula is C15H21BrN4O. The lowest BCUT2D eigenvalue weighted by Crippen LogP contribution is -2.43. The Hall–Kier alpha value is -0.980. The molecule has 0 saturated heterocycles. The lowest BCUT2D eigenvalue weighted by molar-refractivity contribution is -0.0119. The molecule has 2 heterocycles. The van der Waals surface area contributed by atoms with Crippen LogP contribution in [-0.2, 0) is 6.54 Å². The first-order valence-corrected chi connectivity index (χ1v) is 8.26. The lowest BCUT2D eigenvalue weighted by Gasteiger charge is -2.35. The van der Waals surface area contributed by atoms with Crippen LogP contribution in [0.25, 0.3) is 5.65 Å². The van der Waals surface area contributed by atoms with Crippen molar-refractivity contribution in [1.29, 1.82) is 0 Å². The summed E-state index contributed by atoms with van der Waals surface area (Å²) in [5, 5.41) is 14.0. The maximum atomic E-state index is 10.6. The molecule has 0 aromatic carbocycles. The third-order valence-corrected chi connectivity index (χ3v) is 4.68. The first-order chi connectivity index (χ1) is 10.1. The van der Waals surface area contributed by atoms with Crippen LogP contribution in [0.3, 0.4) is 0 Å². The second kappa shape index (κ2) is 6.02. The number of fused-ring (bicyclic) bond motifs is 1. The number of aliphatic hydroxyl groups is 1. The SMILES string of the molecule is CC1CCCC(O)(CNCc2cnc3cnc(Br)cn23)C1. The number of hydrogen-bond acceptors (Lipinski definition) is 4. The summed E-state index contributed by atoms with van der Waals surface area (Å²) in [4.78, 5) is 8.50. The highest BCUT2D eigenvalue weighted by Crippen LogP contribution is 2.31. The molecule has 1 fully saturated rings. The number of hydrogen-bond donors (Lipinski definition) is 2. The Labute approximate surface area is 132 Å². The van der Waals surface area contributed by atoms with Crippen LogP contribution in [0.15, 0.2) is 23.2 Å². The first kappa shape index (κ1) is 14.9. The number of rotatable bonds is 4. The van der Waals surface area contributed by atoms with Gasteiger partial charge in [-0.3, -0.25) is 4.40 Å². The predicted octanol–water partition coefficient (Wildman–Crippen LogP) is 2.52. The molecule has 3 rings (SSSR count). The summed E-state index contributed by atoms with van der Waals surface area (Å²) < 4.78 is 2.80. The summed E-state index contributed by atoms with van der Waals surface area (Å²) in [6, 6.07) is 0. The van der Waals surface area contributed by atoms with Crippen molar-refractivity contribution >= 4 is 21.6 Å². The molecule has 0 radical (unpaired) electrons. The molecule has 1 saturated carbocycles. The van der Waals surface area contributed by atoms with Crippen LogP contribution < -0.4 is 5.32 Å². The highest BCUT2D eigenvalue weighted by molar-refractivity contribution is 9.10. The summed E-state index contributed by atoms with van der Waals surface area (Å²) in [7, 11) is 0. The van der Waals surface area contributed by atoms with Crippen LogP contribution in [-0.4, -0.2) is 31.6 Å². The van der Waals surface area contributed by atoms with Crippen molar-refractivity contribution in [3.8, 4) is 0 Å². The Morgan fingerprint density at radius 1 is 1.48 bits per heavy atom. The lowest BCUT2D eigenvalue weighted by atomic mass is 9.79. The fraction of sp³-hybridized carbons (Fsp3) is 0.600. The Kier molecular flexibility index (Phi) is 4.28. The first-order valence-electron chi connectivity index (χ1n) is 7.46. The third-order valence-electron chi connectivity index (χ3n) is 4.27. The third kappa shape index (κ3) is 3.44. The van der Waals surface area contributed by atoms with Gasteiger partial charge in [0.25, 0.3) is 0 Å². The smallest absolute Gasteiger partial charge is 0.155 e. The highest BCUT2D eigenvalue weighted by atomic mass is 79.9. The average molecular weight is 353 g/mol. The van der Waals surface area contributed by atoms with Gasteiger partial charge in [0.1, 0.15) is 4.60 Å². The van der Waals surface area contributed by atoms with Crippen molar-refractivity contribution in [2.45, 2.75) is 44.8 Å². The van der Waals surface area contributed by atoms with E-state index in [1.54, 1.807) is 6.20 Å². The molecule has 2 atom stereocenters. The van der Waals surface area contributed by atoms with Gasteiger partial charge in [0.2, 0.25) is 0 Å². The molecule has 114 valence electrons. The highest BCUT2D eigenvalue weighted by Gasteiger charge is 2.32. The van der Waals surface area contributed by atoms with E-state index in [1.165, 1.54) is 6.42 Å². The number of nitrogens with one attached hydrogen (secondary N) is 1. The van der Waals surface area contributed by atoms with Crippen molar-refractivity contribution in [3.63, 3.8) is 0 Å². The monoisotopic (exact) mass is 352 g/mol. The van der Waals surface area contributed by atoms with Crippen LogP contribution in [0.4, 0.5) is 0 Å². The molecular weight excluding hydrogens is 332 g/mol. The van der Waals surface area contributed by atoms with E-state index in [9.17, 15) is 5.11 Å². The van der Waals surface area contributed by atoms with Crippen LogP contribution in [0.2, 0.25) is 0 Å². The molecule has 6 heteroatoms. The quantitative estimate of drug-likeness (QED) is 0.887. The number of imidazole rings is 1. The van der Waals surface area contributed by atoms with Gasteiger partial charge in [-0.1, -0.05) is 19.8 Å². The van der Waals surface area contributed by atoms with Gasteiger partial charge >= 0.3 is 0 Å². The molecule has 2 unspecified atom stereocenters. The van der Waals surface area contributed by atoms with Crippen LogP contribution in [0.5, 0.6) is 0 Å². The summed E-state index contributed by atoms with van der Waals surface area (Å²) in [6.45, 7) is 3.55. The molecule has 0 spiro atoms. The largest absolute Gasteiger partial charge is 0.389 e. The second-order valence-electron chi connectivity index (χ2n) is 6.22. The van der Waals surface area contributed by atoms with E-state index in [0.717, 1.165) is 35.2 Å². The number of nitrogens with zero attached hydrogens (tertiary/aromatic N) is 3. The van der Waals surface area contributed by atoms with Gasteiger partial charge in [0.05, 0.1) is 23.7 Å². The van der Waals surface area contributed by atoms with E-state index in [4.69, 9.17) is 0 Å². The molecule has 21 heavy (non-hydrogen) atoms. The van der Waals surface area contributed by atoms with E-state index in [-0.39, 0.29) is 0 Å². The van der Waals surface area contributed by atoms with Crippen molar-refractivity contribution in [2.75, 3.05) is 6.54 Å².